The number of aromatic nitrogens is 2. The summed E-state index contributed by atoms with van der Waals surface area (Å²) >= 11 is 0. The lowest BCUT2D eigenvalue weighted by Crippen LogP contribution is -2.45. The summed E-state index contributed by atoms with van der Waals surface area (Å²) in [5, 5.41) is 8.87. The largest absolute Gasteiger partial charge is 0.481 e. The molecule has 1 atom stereocenters. The summed E-state index contributed by atoms with van der Waals surface area (Å²) in [6.07, 6.45) is 2.09. The Kier molecular flexibility index (Phi) is 4.02. The van der Waals surface area contributed by atoms with Gasteiger partial charge in [-0.15, -0.1) is 0 Å². The highest BCUT2D eigenvalue weighted by molar-refractivity contribution is 5.92. The van der Waals surface area contributed by atoms with Gasteiger partial charge < -0.3 is 15.0 Å². The molecular formula is C12H15N3O5. The molecule has 1 unspecified atom stereocenters. The summed E-state index contributed by atoms with van der Waals surface area (Å²) in [6.45, 7) is 0.422. The van der Waals surface area contributed by atoms with E-state index < -0.39 is 29.2 Å². The number of amides is 1. The average molecular weight is 281 g/mol. The lowest BCUT2D eigenvalue weighted by molar-refractivity contribution is -0.138. The maximum absolute atomic E-state index is 12.3. The first-order chi connectivity index (χ1) is 9.47. The number of hydrogen-bond donors (Lipinski definition) is 3. The van der Waals surface area contributed by atoms with E-state index in [9.17, 15) is 19.2 Å². The quantitative estimate of drug-likeness (QED) is 0.691. The van der Waals surface area contributed by atoms with Crippen LogP contribution >= 0.6 is 0 Å². The van der Waals surface area contributed by atoms with Gasteiger partial charge in [0.1, 0.15) is 5.69 Å². The second-order valence-corrected chi connectivity index (χ2v) is 4.75. The molecule has 1 amide bonds. The van der Waals surface area contributed by atoms with Crippen molar-refractivity contribution in [3.05, 3.63) is 32.6 Å². The number of H-pyrrole nitrogens is 2. The monoisotopic (exact) mass is 281 g/mol. The van der Waals surface area contributed by atoms with Gasteiger partial charge in [-0.1, -0.05) is 0 Å². The first kappa shape index (κ1) is 14.0. The van der Waals surface area contributed by atoms with Crippen molar-refractivity contribution in [1.29, 1.82) is 0 Å². The fraction of sp³-hybridized carbons (Fsp3) is 0.500. The molecule has 0 saturated carbocycles. The Bertz CT molecular complexity index is 604. The topological polar surface area (TPSA) is 123 Å². The number of aromatic amines is 2. The van der Waals surface area contributed by atoms with Crippen molar-refractivity contribution in [2.24, 2.45) is 0 Å². The molecule has 3 N–H and O–H groups in total. The third-order valence-corrected chi connectivity index (χ3v) is 3.29. The van der Waals surface area contributed by atoms with E-state index in [1.54, 1.807) is 0 Å². The maximum atomic E-state index is 12.3. The van der Waals surface area contributed by atoms with Crippen LogP contribution in [0.15, 0.2) is 15.7 Å². The summed E-state index contributed by atoms with van der Waals surface area (Å²) in [4.78, 5) is 51.2. The Hall–Kier alpha value is -2.38. The van der Waals surface area contributed by atoms with Crippen molar-refractivity contribution in [2.45, 2.75) is 31.7 Å². The van der Waals surface area contributed by atoms with Gasteiger partial charge in [-0.3, -0.25) is 19.4 Å². The molecule has 1 aliphatic rings. The van der Waals surface area contributed by atoms with Crippen LogP contribution in [0.1, 0.15) is 36.2 Å². The van der Waals surface area contributed by atoms with E-state index in [1.165, 1.54) is 4.90 Å². The molecule has 1 fully saturated rings. The van der Waals surface area contributed by atoms with Gasteiger partial charge in [0.25, 0.3) is 11.5 Å². The molecule has 20 heavy (non-hydrogen) atoms. The highest BCUT2D eigenvalue weighted by atomic mass is 16.4. The van der Waals surface area contributed by atoms with Crippen LogP contribution in [0.3, 0.4) is 0 Å². The Morgan fingerprint density at radius 1 is 1.30 bits per heavy atom. The molecule has 2 heterocycles. The summed E-state index contributed by atoms with van der Waals surface area (Å²) in [6, 6.07) is 0.604. The Labute approximate surface area is 113 Å². The molecule has 1 saturated heterocycles. The number of likely N-dealkylation sites (tertiary alicyclic amines) is 1. The zero-order chi connectivity index (χ0) is 14.7. The number of aliphatic carboxylic acids is 1. The van der Waals surface area contributed by atoms with E-state index in [1.807, 2.05) is 4.98 Å². The number of rotatable bonds is 3. The van der Waals surface area contributed by atoms with E-state index >= 15 is 0 Å². The molecule has 8 nitrogen and oxygen atoms in total. The second kappa shape index (κ2) is 5.72. The van der Waals surface area contributed by atoms with Gasteiger partial charge in [0.15, 0.2) is 0 Å². The standard InChI is InChI=1S/C12H15N3O5/c16-9-6-8(13-12(20)14-9)11(19)15-4-2-1-3-7(15)5-10(17)18/h6-7H,1-5H2,(H,17,18)(H2,13,14,16,20). The molecule has 2 rings (SSSR count). The van der Waals surface area contributed by atoms with Crippen LogP contribution in [-0.4, -0.2) is 44.4 Å². The molecular weight excluding hydrogens is 266 g/mol. The first-order valence-corrected chi connectivity index (χ1v) is 6.34. The molecule has 8 heteroatoms. The predicted octanol–water partition coefficient (Wildman–Crippen LogP) is -0.467. The lowest BCUT2D eigenvalue weighted by Gasteiger charge is -2.34. The zero-order valence-corrected chi connectivity index (χ0v) is 10.7. The fourth-order valence-electron chi connectivity index (χ4n) is 2.42. The van der Waals surface area contributed by atoms with E-state index in [2.05, 4.69) is 4.98 Å². The minimum atomic E-state index is -0.978. The summed E-state index contributed by atoms with van der Waals surface area (Å²) in [5.41, 5.74) is -1.53. The highest BCUT2D eigenvalue weighted by Crippen LogP contribution is 2.21. The van der Waals surface area contributed by atoms with Crippen molar-refractivity contribution in [3.63, 3.8) is 0 Å². The summed E-state index contributed by atoms with van der Waals surface area (Å²) in [5.74, 6) is -1.49. The van der Waals surface area contributed by atoms with E-state index in [-0.39, 0.29) is 12.1 Å². The number of hydrogen-bond acceptors (Lipinski definition) is 4. The second-order valence-electron chi connectivity index (χ2n) is 4.75. The first-order valence-electron chi connectivity index (χ1n) is 6.34. The third kappa shape index (κ3) is 3.14. The molecule has 0 radical (unpaired) electrons. The van der Waals surface area contributed by atoms with Crippen LogP contribution in [0.4, 0.5) is 0 Å². The minimum Gasteiger partial charge on any atom is -0.481 e. The van der Waals surface area contributed by atoms with Gasteiger partial charge in [0.2, 0.25) is 0 Å². The van der Waals surface area contributed by atoms with Gasteiger partial charge in [-0.25, -0.2) is 4.79 Å². The highest BCUT2D eigenvalue weighted by Gasteiger charge is 2.29. The molecule has 108 valence electrons. The molecule has 1 aromatic heterocycles. The van der Waals surface area contributed by atoms with Crippen molar-refractivity contribution in [2.75, 3.05) is 6.54 Å². The third-order valence-electron chi connectivity index (χ3n) is 3.29. The van der Waals surface area contributed by atoms with Gasteiger partial charge in [0, 0.05) is 18.7 Å². The summed E-state index contributed by atoms with van der Waals surface area (Å²) < 4.78 is 0. The smallest absolute Gasteiger partial charge is 0.326 e. The number of carboxylic acids is 1. The number of carboxylic acid groups (broad SMARTS) is 1. The SMILES string of the molecule is O=C(O)CC1CCCCN1C(=O)c1cc(=O)[nH]c(=O)[nH]1. The van der Waals surface area contributed by atoms with Crippen LogP contribution in [-0.2, 0) is 4.79 Å². The van der Waals surface area contributed by atoms with Gasteiger partial charge in [-0.05, 0) is 19.3 Å². The van der Waals surface area contributed by atoms with E-state index in [4.69, 9.17) is 5.11 Å². The molecule has 1 aromatic rings. The van der Waals surface area contributed by atoms with Gasteiger partial charge in [0.05, 0.1) is 6.42 Å². The average Bonchev–Trinajstić information content (AvgIpc) is 2.36. The zero-order valence-electron chi connectivity index (χ0n) is 10.7. The fourth-order valence-corrected chi connectivity index (χ4v) is 2.42. The summed E-state index contributed by atoms with van der Waals surface area (Å²) in [7, 11) is 0. The molecule has 0 spiro atoms. The molecule has 0 bridgehead atoms. The number of carbonyl (C=O) groups is 2. The van der Waals surface area contributed by atoms with Gasteiger partial charge in [-0.2, -0.15) is 0 Å². The molecule has 1 aliphatic heterocycles. The minimum absolute atomic E-state index is 0.115. The normalized spacial score (nSPS) is 18.8. The van der Waals surface area contributed by atoms with Crippen molar-refractivity contribution in [3.8, 4) is 0 Å². The van der Waals surface area contributed by atoms with Crippen LogP contribution in [0.25, 0.3) is 0 Å². The van der Waals surface area contributed by atoms with Gasteiger partial charge >= 0.3 is 11.7 Å². The van der Waals surface area contributed by atoms with Crippen LogP contribution in [0.5, 0.6) is 0 Å². The van der Waals surface area contributed by atoms with E-state index in [0.29, 0.717) is 13.0 Å². The Morgan fingerprint density at radius 2 is 2.05 bits per heavy atom. The van der Waals surface area contributed by atoms with Crippen LogP contribution in [0, 0.1) is 0 Å². The lowest BCUT2D eigenvalue weighted by atomic mass is 9.99. The number of piperidine rings is 1. The number of nitrogens with one attached hydrogen (secondary N) is 2. The van der Waals surface area contributed by atoms with Crippen LogP contribution < -0.4 is 11.2 Å². The number of carbonyl (C=O) groups excluding carboxylic acids is 1. The van der Waals surface area contributed by atoms with Crippen LogP contribution in [0.2, 0.25) is 0 Å². The van der Waals surface area contributed by atoms with E-state index in [0.717, 1.165) is 18.9 Å². The predicted molar refractivity (Wildman–Crippen MR) is 68.6 cm³/mol. The molecule has 0 aromatic carbocycles. The van der Waals surface area contributed by atoms with Crippen molar-refractivity contribution < 1.29 is 14.7 Å². The maximum Gasteiger partial charge on any atom is 0.326 e. The number of nitrogens with zero attached hydrogens (tertiary/aromatic N) is 1. The molecule has 0 aliphatic carbocycles. The Morgan fingerprint density at radius 3 is 2.70 bits per heavy atom. The van der Waals surface area contributed by atoms with Crippen molar-refractivity contribution >= 4 is 11.9 Å². The Balaban J connectivity index is 2.27. The van der Waals surface area contributed by atoms with Crippen molar-refractivity contribution in [1.82, 2.24) is 14.9 Å².